The first-order valence-corrected chi connectivity index (χ1v) is 8.90. The number of hydrogen-bond donors (Lipinski definition) is 1. The standard InChI is InChI=1S/C17H17N9OS/c1-10-11(9-18)17(28-24-10)23-21-13-7-12(14(25(2)3)8-15(13)27)20-22-16-5-6-19-26(16)4/h5-8,27H,1-4H3/b22-20+,23-21+. The lowest BCUT2D eigenvalue weighted by Gasteiger charge is -2.15. The number of azo groups is 2. The number of rotatable bonds is 5. The molecule has 0 saturated carbocycles. The largest absolute Gasteiger partial charge is 0.506 e. The smallest absolute Gasteiger partial charge is 0.176 e. The van der Waals surface area contributed by atoms with Crippen LogP contribution in [0.1, 0.15) is 11.3 Å². The Hall–Kier alpha value is -3.65. The fourth-order valence-electron chi connectivity index (χ4n) is 2.30. The number of nitriles is 1. The van der Waals surface area contributed by atoms with Crippen molar-refractivity contribution in [2.75, 3.05) is 19.0 Å². The molecular weight excluding hydrogens is 378 g/mol. The van der Waals surface area contributed by atoms with Gasteiger partial charge in [-0.1, -0.05) is 0 Å². The van der Waals surface area contributed by atoms with Gasteiger partial charge in [-0.15, -0.1) is 20.5 Å². The van der Waals surface area contributed by atoms with E-state index in [1.807, 2.05) is 14.1 Å². The van der Waals surface area contributed by atoms with Gasteiger partial charge >= 0.3 is 0 Å². The maximum Gasteiger partial charge on any atom is 0.176 e. The highest BCUT2D eigenvalue weighted by atomic mass is 32.1. The van der Waals surface area contributed by atoms with Gasteiger partial charge in [0.05, 0.1) is 17.6 Å². The molecule has 0 atom stereocenters. The zero-order valence-corrected chi connectivity index (χ0v) is 16.5. The van der Waals surface area contributed by atoms with Gasteiger partial charge in [0.2, 0.25) is 0 Å². The van der Waals surface area contributed by atoms with Crippen molar-refractivity contribution in [3.05, 3.63) is 35.7 Å². The van der Waals surface area contributed by atoms with E-state index < -0.39 is 0 Å². The molecule has 2 aromatic heterocycles. The van der Waals surface area contributed by atoms with Gasteiger partial charge in [-0.25, -0.2) is 4.68 Å². The maximum absolute atomic E-state index is 10.3. The highest BCUT2D eigenvalue weighted by Crippen LogP contribution is 2.40. The van der Waals surface area contributed by atoms with E-state index in [-0.39, 0.29) is 11.4 Å². The highest BCUT2D eigenvalue weighted by molar-refractivity contribution is 7.10. The number of benzene rings is 1. The van der Waals surface area contributed by atoms with Crippen LogP contribution >= 0.6 is 11.5 Å². The van der Waals surface area contributed by atoms with Gasteiger partial charge in [0.25, 0.3) is 0 Å². The van der Waals surface area contributed by atoms with Gasteiger partial charge in [-0.05, 0) is 24.5 Å². The molecule has 2 heterocycles. The number of aromatic nitrogens is 3. The van der Waals surface area contributed by atoms with Crippen LogP contribution in [-0.2, 0) is 7.05 Å². The van der Waals surface area contributed by atoms with Gasteiger partial charge < -0.3 is 10.0 Å². The molecule has 0 aliphatic carbocycles. The summed E-state index contributed by atoms with van der Waals surface area (Å²) in [5.74, 6) is 0.520. The monoisotopic (exact) mass is 395 g/mol. The van der Waals surface area contributed by atoms with Crippen molar-refractivity contribution < 1.29 is 5.11 Å². The summed E-state index contributed by atoms with van der Waals surface area (Å²) in [6.07, 6.45) is 1.63. The SMILES string of the molecule is Cc1nsc(/N=N/c2cc(/N=N/c3ccnn3C)c(N(C)C)cc2O)c1C#N. The average Bonchev–Trinajstić information content (AvgIpc) is 3.23. The van der Waals surface area contributed by atoms with E-state index in [2.05, 4.69) is 36.0 Å². The summed E-state index contributed by atoms with van der Waals surface area (Å²) in [6.45, 7) is 1.73. The van der Waals surface area contributed by atoms with Crippen molar-refractivity contribution in [1.29, 1.82) is 5.26 Å². The van der Waals surface area contributed by atoms with Crippen LogP contribution in [-0.4, -0.2) is 33.4 Å². The first-order valence-electron chi connectivity index (χ1n) is 8.13. The lowest BCUT2D eigenvalue weighted by atomic mass is 10.2. The number of hydrogen-bond acceptors (Lipinski definition) is 10. The van der Waals surface area contributed by atoms with Gasteiger partial charge in [-0.2, -0.15) is 14.7 Å². The van der Waals surface area contributed by atoms with Crippen molar-refractivity contribution >= 4 is 39.4 Å². The number of anilines is 1. The molecule has 0 radical (unpaired) electrons. The molecule has 10 nitrogen and oxygen atoms in total. The van der Waals surface area contributed by atoms with Crippen LogP contribution < -0.4 is 4.90 Å². The summed E-state index contributed by atoms with van der Waals surface area (Å²) >= 11 is 1.07. The number of phenolic OH excluding ortho intramolecular Hbond substituents is 1. The highest BCUT2D eigenvalue weighted by Gasteiger charge is 2.13. The Balaban J connectivity index is 2.00. The minimum atomic E-state index is -0.0633. The van der Waals surface area contributed by atoms with E-state index in [1.165, 1.54) is 6.07 Å². The zero-order chi connectivity index (χ0) is 20.3. The van der Waals surface area contributed by atoms with Crippen molar-refractivity contribution in [2.24, 2.45) is 27.5 Å². The molecule has 0 aliphatic heterocycles. The van der Waals surface area contributed by atoms with E-state index >= 15 is 0 Å². The van der Waals surface area contributed by atoms with Crippen molar-refractivity contribution in [2.45, 2.75) is 6.92 Å². The molecule has 0 saturated heterocycles. The van der Waals surface area contributed by atoms with Gasteiger partial charge in [-0.3, -0.25) is 0 Å². The van der Waals surface area contributed by atoms with Gasteiger partial charge in [0.15, 0.2) is 10.8 Å². The van der Waals surface area contributed by atoms with Gasteiger partial charge in [0, 0.05) is 33.3 Å². The Morgan fingerprint density at radius 2 is 1.93 bits per heavy atom. The Kier molecular flexibility index (Phi) is 5.42. The lowest BCUT2D eigenvalue weighted by Crippen LogP contribution is -2.08. The Morgan fingerprint density at radius 3 is 2.57 bits per heavy atom. The molecule has 11 heteroatoms. The summed E-state index contributed by atoms with van der Waals surface area (Å²) < 4.78 is 5.69. The van der Waals surface area contributed by atoms with Gasteiger partial charge in [0.1, 0.15) is 28.8 Å². The van der Waals surface area contributed by atoms with E-state index in [0.29, 0.717) is 33.5 Å². The van der Waals surface area contributed by atoms with Crippen LogP contribution in [0.15, 0.2) is 44.9 Å². The predicted octanol–water partition coefficient (Wildman–Crippen LogP) is 4.66. The third kappa shape index (κ3) is 3.86. The van der Waals surface area contributed by atoms with Crippen LogP contribution in [0.4, 0.5) is 27.9 Å². The molecule has 28 heavy (non-hydrogen) atoms. The molecule has 0 amide bonds. The summed E-state index contributed by atoms with van der Waals surface area (Å²) in [7, 11) is 5.43. The van der Waals surface area contributed by atoms with Crippen LogP contribution in [0.25, 0.3) is 0 Å². The van der Waals surface area contributed by atoms with Crippen LogP contribution in [0.5, 0.6) is 5.75 Å². The molecule has 0 bridgehead atoms. The lowest BCUT2D eigenvalue weighted by molar-refractivity contribution is 0.476. The molecule has 142 valence electrons. The molecule has 0 unspecified atom stereocenters. The third-order valence-electron chi connectivity index (χ3n) is 3.81. The van der Waals surface area contributed by atoms with Crippen LogP contribution in [0, 0.1) is 18.3 Å². The van der Waals surface area contributed by atoms with E-state index in [0.717, 1.165) is 11.5 Å². The fraction of sp³-hybridized carbons (Fsp3) is 0.235. The molecule has 3 aromatic rings. The summed E-state index contributed by atoms with van der Waals surface area (Å²) in [4.78, 5) is 1.80. The molecular formula is C17H17N9OS. The number of phenols is 1. The second-order valence-electron chi connectivity index (χ2n) is 6.00. The number of nitrogens with zero attached hydrogens (tertiary/aromatic N) is 9. The topological polar surface area (TPSA) is 127 Å². The molecule has 0 aliphatic rings. The Morgan fingerprint density at radius 1 is 1.18 bits per heavy atom. The summed E-state index contributed by atoms with van der Waals surface area (Å²) in [5.41, 5.74) is 2.33. The zero-order valence-electron chi connectivity index (χ0n) is 15.7. The quantitative estimate of drug-likeness (QED) is 0.628. The molecule has 0 fully saturated rings. The minimum absolute atomic E-state index is 0.0633. The van der Waals surface area contributed by atoms with Crippen molar-refractivity contribution in [3.63, 3.8) is 0 Å². The van der Waals surface area contributed by atoms with E-state index in [9.17, 15) is 10.4 Å². The molecule has 1 aromatic carbocycles. The van der Waals surface area contributed by atoms with Crippen molar-refractivity contribution in [3.8, 4) is 11.8 Å². The molecule has 1 N–H and O–H groups in total. The Bertz CT molecular complexity index is 1100. The fourth-order valence-corrected chi connectivity index (χ4v) is 2.97. The van der Waals surface area contributed by atoms with E-state index in [1.54, 1.807) is 41.9 Å². The van der Waals surface area contributed by atoms with Crippen LogP contribution in [0.2, 0.25) is 0 Å². The second-order valence-corrected chi connectivity index (χ2v) is 6.75. The summed E-state index contributed by atoms with van der Waals surface area (Å²) in [6, 6.07) is 6.90. The second kappa shape index (κ2) is 7.93. The third-order valence-corrected chi connectivity index (χ3v) is 4.64. The first-order chi connectivity index (χ1) is 13.4. The normalized spacial score (nSPS) is 11.4. The molecule has 0 spiro atoms. The maximum atomic E-state index is 10.3. The predicted molar refractivity (Wildman–Crippen MR) is 106 cm³/mol. The first kappa shape index (κ1) is 19.1. The Labute approximate surface area is 165 Å². The number of aromatic hydroxyl groups is 1. The van der Waals surface area contributed by atoms with E-state index in [4.69, 9.17) is 0 Å². The van der Waals surface area contributed by atoms with Crippen LogP contribution in [0.3, 0.4) is 0 Å². The average molecular weight is 395 g/mol. The van der Waals surface area contributed by atoms with Crippen molar-refractivity contribution in [1.82, 2.24) is 14.2 Å². The number of aryl methyl sites for hydroxylation is 2. The molecule has 3 rings (SSSR count). The summed E-state index contributed by atoms with van der Waals surface area (Å²) in [5, 5.41) is 40.6. The minimum Gasteiger partial charge on any atom is -0.506 e.